The number of hydrogen-bond donors (Lipinski definition) is 2. The molecular weight excluding hydrogens is 198 g/mol. The Morgan fingerprint density at radius 2 is 2.14 bits per heavy atom. The number of rotatable bonds is 2. The van der Waals surface area contributed by atoms with Crippen molar-refractivity contribution in [3.8, 4) is 0 Å². The van der Waals surface area contributed by atoms with Crippen LogP contribution in [0.4, 0.5) is 0 Å². The standard InChI is InChI=1S/C10H21N3.ClH/c1-8-3-2-4-13(10(8)5-11)9-6-12-7-9;/h8-10,12H,2-7,11H2,1H3;1H. The quantitative estimate of drug-likeness (QED) is 0.709. The van der Waals surface area contributed by atoms with Gasteiger partial charge in [0, 0.05) is 31.7 Å². The van der Waals surface area contributed by atoms with Gasteiger partial charge < -0.3 is 11.1 Å². The molecule has 0 aromatic carbocycles. The van der Waals surface area contributed by atoms with Gasteiger partial charge in [-0.05, 0) is 25.3 Å². The van der Waals surface area contributed by atoms with Gasteiger partial charge in [0.2, 0.25) is 0 Å². The van der Waals surface area contributed by atoms with Crippen LogP contribution in [-0.2, 0) is 0 Å². The molecule has 3 N–H and O–H groups in total. The minimum atomic E-state index is 0. The SMILES string of the molecule is CC1CCCN(C2CNC2)C1CN.Cl. The van der Waals surface area contributed by atoms with E-state index in [-0.39, 0.29) is 12.4 Å². The Balaban J connectivity index is 0.000000980. The first-order chi connectivity index (χ1) is 6.33. The third kappa shape index (κ3) is 2.22. The topological polar surface area (TPSA) is 41.3 Å². The van der Waals surface area contributed by atoms with Gasteiger partial charge in [-0.25, -0.2) is 0 Å². The minimum absolute atomic E-state index is 0. The molecule has 0 saturated carbocycles. The predicted octanol–water partition coefficient (Wildman–Crippen LogP) is 0.439. The number of nitrogens with one attached hydrogen (secondary N) is 1. The highest BCUT2D eigenvalue weighted by molar-refractivity contribution is 5.85. The van der Waals surface area contributed by atoms with Crippen LogP contribution in [0.15, 0.2) is 0 Å². The van der Waals surface area contributed by atoms with Crippen LogP contribution in [0.2, 0.25) is 0 Å². The summed E-state index contributed by atoms with van der Waals surface area (Å²) in [5.74, 6) is 0.791. The lowest BCUT2D eigenvalue weighted by atomic mass is 9.88. The average molecular weight is 220 g/mol. The second-order valence-electron chi connectivity index (χ2n) is 4.47. The van der Waals surface area contributed by atoms with Gasteiger partial charge in [-0.3, -0.25) is 4.90 Å². The van der Waals surface area contributed by atoms with Crippen LogP contribution in [0.3, 0.4) is 0 Å². The third-order valence-electron chi connectivity index (χ3n) is 3.63. The zero-order chi connectivity index (χ0) is 9.26. The van der Waals surface area contributed by atoms with Crippen molar-refractivity contribution in [2.45, 2.75) is 31.8 Å². The van der Waals surface area contributed by atoms with Crippen molar-refractivity contribution >= 4 is 12.4 Å². The molecule has 0 amide bonds. The lowest BCUT2D eigenvalue weighted by Crippen LogP contribution is -2.63. The van der Waals surface area contributed by atoms with E-state index in [0.29, 0.717) is 6.04 Å². The Hall–Kier alpha value is 0.170. The minimum Gasteiger partial charge on any atom is -0.329 e. The lowest BCUT2D eigenvalue weighted by Gasteiger charge is -2.47. The summed E-state index contributed by atoms with van der Waals surface area (Å²) in [5, 5.41) is 3.34. The van der Waals surface area contributed by atoms with Crippen molar-refractivity contribution < 1.29 is 0 Å². The van der Waals surface area contributed by atoms with Gasteiger partial charge >= 0.3 is 0 Å². The number of likely N-dealkylation sites (tertiary alicyclic amines) is 1. The van der Waals surface area contributed by atoms with Gasteiger partial charge in [-0.15, -0.1) is 12.4 Å². The molecule has 0 aliphatic carbocycles. The smallest absolute Gasteiger partial charge is 0.0348 e. The zero-order valence-corrected chi connectivity index (χ0v) is 9.72. The number of hydrogen-bond acceptors (Lipinski definition) is 3. The lowest BCUT2D eigenvalue weighted by molar-refractivity contribution is 0.0389. The molecule has 2 saturated heterocycles. The Bertz CT molecular complexity index is 173. The largest absolute Gasteiger partial charge is 0.329 e. The Morgan fingerprint density at radius 1 is 1.43 bits per heavy atom. The van der Waals surface area contributed by atoms with E-state index in [0.717, 1.165) is 18.5 Å². The first-order valence-electron chi connectivity index (χ1n) is 5.49. The summed E-state index contributed by atoms with van der Waals surface area (Å²) in [6.45, 7) is 6.78. The van der Waals surface area contributed by atoms with Crippen LogP contribution in [0.5, 0.6) is 0 Å². The fourth-order valence-electron chi connectivity index (χ4n) is 2.61. The second kappa shape index (κ2) is 5.31. The van der Waals surface area contributed by atoms with Crippen molar-refractivity contribution in [2.75, 3.05) is 26.2 Å². The second-order valence-corrected chi connectivity index (χ2v) is 4.47. The number of piperidine rings is 1. The van der Waals surface area contributed by atoms with Crippen LogP contribution < -0.4 is 11.1 Å². The van der Waals surface area contributed by atoms with E-state index < -0.39 is 0 Å². The van der Waals surface area contributed by atoms with Gasteiger partial charge in [-0.2, -0.15) is 0 Å². The van der Waals surface area contributed by atoms with Crippen molar-refractivity contribution in [2.24, 2.45) is 11.7 Å². The summed E-state index contributed by atoms with van der Waals surface area (Å²) in [7, 11) is 0. The Labute approximate surface area is 92.8 Å². The molecule has 2 aliphatic rings. The van der Waals surface area contributed by atoms with E-state index in [1.807, 2.05) is 0 Å². The Morgan fingerprint density at radius 3 is 2.64 bits per heavy atom. The average Bonchev–Trinajstić information content (AvgIpc) is 2.01. The van der Waals surface area contributed by atoms with E-state index in [1.54, 1.807) is 0 Å². The molecule has 2 heterocycles. The van der Waals surface area contributed by atoms with Crippen molar-refractivity contribution in [3.63, 3.8) is 0 Å². The molecular formula is C10H22ClN3. The molecule has 2 atom stereocenters. The summed E-state index contributed by atoms with van der Waals surface area (Å²) in [6.07, 6.45) is 2.71. The highest BCUT2D eigenvalue weighted by atomic mass is 35.5. The number of halogens is 1. The maximum absolute atomic E-state index is 5.84. The fraction of sp³-hybridized carbons (Fsp3) is 1.00. The summed E-state index contributed by atoms with van der Waals surface area (Å²) in [6, 6.07) is 1.41. The summed E-state index contributed by atoms with van der Waals surface area (Å²) >= 11 is 0. The van der Waals surface area contributed by atoms with Crippen molar-refractivity contribution in [1.82, 2.24) is 10.2 Å². The van der Waals surface area contributed by atoms with Crippen LogP contribution >= 0.6 is 12.4 Å². The molecule has 2 rings (SSSR count). The molecule has 4 heteroatoms. The molecule has 2 fully saturated rings. The van der Waals surface area contributed by atoms with Gasteiger partial charge in [0.1, 0.15) is 0 Å². The van der Waals surface area contributed by atoms with Crippen LogP contribution in [0, 0.1) is 5.92 Å². The van der Waals surface area contributed by atoms with Crippen LogP contribution in [-0.4, -0.2) is 43.2 Å². The Kier molecular flexibility index (Phi) is 4.64. The van der Waals surface area contributed by atoms with Crippen LogP contribution in [0.25, 0.3) is 0 Å². The summed E-state index contributed by atoms with van der Waals surface area (Å²) in [4.78, 5) is 2.63. The monoisotopic (exact) mass is 219 g/mol. The first-order valence-corrected chi connectivity index (χ1v) is 5.49. The van der Waals surface area contributed by atoms with Gasteiger partial charge in [0.25, 0.3) is 0 Å². The summed E-state index contributed by atoms with van der Waals surface area (Å²) < 4.78 is 0. The van der Waals surface area contributed by atoms with Gasteiger partial charge in [-0.1, -0.05) is 6.92 Å². The highest BCUT2D eigenvalue weighted by Gasteiger charge is 2.34. The van der Waals surface area contributed by atoms with E-state index in [9.17, 15) is 0 Å². The third-order valence-corrected chi connectivity index (χ3v) is 3.63. The van der Waals surface area contributed by atoms with Crippen LogP contribution in [0.1, 0.15) is 19.8 Å². The van der Waals surface area contributed by atoms with E-state index >= 15 is 0 Å². The highest BCUT2D eigenvalue weighted by Crippen LogP contribution is 2.25. The zero-order valence-electron chi connectivity index (χ0n) is 8.91. The number of nitrogens with two attached hydrogens (primary N) is 1. The number of nitrogens with zero attached hydrogens (tertiary/aromatic N) is 1. The molecule has 84 valence electrons. The molecule has 2 aliphatic heterocycles. The molecule has 0 aromatic rings. The molecule has 0 radical (unpaired) electrons. The van der Waals surface area contributed by atoms with Gasteiger partial charge in [0.05, 0.1) is 0 Å². The molecule has 14 heavy (non-hydrogen) atoms. The normalized spacial score (nSPS) is 34.7. The fourth-order valence-corrected chi connectivity index (χ4v) is 2.61. The molecule has 3 nitrogen and oxygen atoms in total. The molecule has 0 aromatic heterocycles. The maximum atomic E-state index is 5.84. The molecule has 0 bridgehead atoms. The van der Waals surface area contributed by atoms with E-state index in [2.05, 4.69) is 17.1 Å². The van der Waals surface area contributed by atoms with E-state index in [4.69, 9.17) is 5.73 Å². The van der Waals surface area contributed by atoms with Crippen molar-refractivity contribution in [3.05, 3.63) is 0 Å². The van der Waals surface area contributed by atoms with Crippen molar-refractivity contribution in [1.29, 1.82) is 0 Å². The maximum Gasteiger partial charge on any atom is 0.0348 e. The first kappa shape index (κ1) is 12.2. The predicted molar refractivity (Wildman–Crippen MR) is 61.9 cm³/mol. The van der Waals surface area contributed by atoms with E-state index in [1.165, 1.54) is 32.5 Å². The molecule has 0 spiro atoms. The molecule has 2 unspecified atom stereocenters. The summed E-state index contributed by atoms with van der Waals surface area (Å²) in [5.41, 5.74) is 5.84. The van der Waals surface area contributed by atoms with Gasteiger partial charge in [0.15, 0.2) is 0 Å².